The van der Waals surface area contributed by atoms with Gasteiger partial charge >= 0.3 is 0 Å². The fraction of sp³-hybridized carbons (Fsp3) is 0.909. The van der Waals surface area contributed by atoms with Gasteiger partial charge in [-0.15, -0.1) is 0 Å². The fourth-order valence-corrected chi connectivity index (χ4v) is 1.75. The maximum Gasteiger partial charge on any atom is 0.239 e. The average Bonchev–Trinajstić information content (AvgIpc) is 2.11. The molecule has 1 rings (SSSR count). The molecule has 3 N–H and O–H groups in total. The topological polar surface area (TPSA) is 61.4 Å². The summed E-state index contributed by atoms with van der Waals surface area (Å²) in [5, 5.41) is 15.7. The molecule has 1 aliphatic rings. The lowest BCUT2D eigenvalue weighted by molar-refractivity contribution is -0.128. The van der Waals surface area contributed by atoms with Crippen molar-refractivity contribution in [3.8, 4) is 0 Å². The van der Waals surface area contributed by atoms with Crippen LogP contribution in [0.2, 0.25) is 0 Å². The Hall–Kier alpha value is -0.610. The van der Waals surface area contributed by atoms with Crippen molar-refractivity contribution in [1.29, 1.82) is 0 Å². The summed E-state index contributed by atoms with van der Waals surface area (Å²) >= 11 is 0. The van der Waals surface area contributed by atoms with Gasteiger partial charge in [0.1, 0.15) is 0 Å². The van der Waals surface area contributed by atoms with Crippen LogP contribution in [0.3, 0.4) is 0 Å². The summed E-state index contributed by atoms with van der Waals surface area (Å²) in [4.78, 5) is 11.8. The van der Waals surface area contributed by atoms with Gasteiger partial charge in [0, 0.05) is 6.54 Å². The van der Waals surface area contributed by atoms with Crippen LogP contribution >= 0.6 is 0 Å². The van der Waals surface area contributed by atoms with Crippen molar-refractivity contribution in [2.24, 2.45) is 0 Å². The molecule has 0 saturated heterocycles. The fourth-order valence-electron chi connectivity index (χ4n) is 1.75. The molecule has 4 nitrogen and oxygen atoms in total. The molecule has 0 heterocycles. The minimum Gasteiger partial charge on any atom is -0.388 e. The number of rotatable bonds is 5. The van der Waals surface area contributed by atoms with Crippen molar-refractivity contribution in [2.75, 3.05) is 13.1 Å². The third-order valence-electron chi connectivity index (χ3n) is 3.05. The summed E-state index contributed by atoms with van der Waals surface area (Å²) in [5.41, 5.74) is -1.20. The van der Waals surface area contributed by atoms with Crippen molar-refractivity contribution in [3.05, 3.63) is 0 Å². The van der Waals surface area contributed by atoms with Gasteiger partial charge in [-0.2, -0.15) is 0 Å². The summed E-state index contributed by atoms with van der Waals surface area (Å²) in [7, 11) is 0. The van der Waals surface area contributed by atoms with Crippen molar-refractivity contribution in [1.82, 2.24) is 10.6 Å². The molecule has 1 amide bonds. The zero-order valence-electron chi connectivity index (χ0n) is 9.89. The normalized spacial score (nSPS) is 19.5. The van der Waals surface area contributed by atoms with Gasteiger partial charge in [0.2, 0.25) is 5.91 Å². The van der Waals surface area contributed by atoms with Crippen LogP contribution in [0.25, 0.3) is 0 Å². The van der Waals surface area contributed by atoms with Gasteiger partial charge in [0.05, 0.1) is 11.1 Å². The Labute approximate surface area is 91.4 Å². The Kier molecular flexibility index (Phi) is 3.73. The van der Waals surface area contributed by atoms with E-state index < -0.39 is 11.1 Å². The third kappa shape index (κ3) is 3.18. The van der Waals surface area contributed by atoms with Gasteiger partial charge in [-0.25, -0.2) is 0 Å². The van der Waals surface area contributed by atoms with Gasteiger partial charge in [-0.1, -0.05) is 6.92 Å². The first-order valence-corrected chi connectivity index (χ1v) is 5.65. The van der Waals surface area contributed by atoms with Crippen LogP contribution in [0.1, 0.15) is 40.0 Å². The minimum absolute atomic E-state index is 0.0512. The molecule has 0 aromatic heterocycles. The first-order valence-electron chi connectivity index (χ1n) is 5.65. The van der Waals surface area contributed by atoms with E-state index in [0.29, 0.717) is 6.54 Å². The number of hydrogen-bond acceptors (Lipinski definition) is 3. The molecule has 0 aromatic rings. The van der Waals surface area contributed by atoms with Crippen molar-refractivity contribution in [3.63, 3.8) is 0 Å². The van der Waals surface area contributed by atoms with Crippen LogP contribution in [0.5, 0.6) is 0 Å². The molecule has 4 heteroatoms. The molecule has 0 bridgehead atoms. The first kappa shape index (κ1) is 12.5. The lowest BCUT2D eigenvalue weighted by atomic mass is 9.80. The Morgan fingerprint density at radius 1 is 1.47 bits per heavy atom. The van der Waals surface area contributed by atoms with Gasteiger partial charge in [-0.3, -0.25) is 4.79 Å². The van der Waals surface area contributed by atoms with Gasteiger partial charge in [0.25, 0.3) is 0 Å². The van der Waals surface area contributed by atoms with E-state index >= 15 is 0 Å². The van der Waals surface area contributed by atoms with Crippen molar-refractivity contribution < 1.29 is 9.90 Å². The SMILES string of the molecule is CCNC(C)(C)C(=O)NCC1(O)CCC1. The standard InChI is InChI=1S/C11H22N2O2/c1-4-13-10(2,3)9(14)12-8-11(15)6-5-7-11/h13,15H,4-8H2,1-3H3,(H,12,14). The van der Waals surface area contributed by atoms with Gasteiger partial charge < -0.3 is 15.7 Å². The van der Waals surface area contributed by atoms with E-state index in [1.54, 1.807) is 0 Å². The predicted octanol–water partition coefficient (Wildman–Crippen LogP) is 0.406. The second-order valence-corrected chi connectivity index (χ2v) is 4.92. The number of nitrogens with one attached hydrogen (secondary N) is 2. The third-order valence-corrected chi connectivity index (χ3v) is 3.05. The van der Waals surface area contributed by atoms with E-state index in [1.807, 2.05) is 20.8 Å². The zero-order valence-corrected chi connectivity index (χ0v) is 9.89. The van der Waals surface area contributed by atoms with Crippen LogP contribution in [-0.4, -0.2) is 35.2 Å². The Morgan fingerprint density at radius 2 is 2.07 bits per heavy atom. The number of aliphatic hydroxyl groups is 1. The molecule has 0 atom stereocenters. The second kappa shape index (κ2) is 4.49. The molecule has 0 aromatic carbocycles. The quantitative estimate of drug-likeness (QED) is 0.621. The Morgan fingerprint density at radius 3 is 2.47 bits per heavy atom. The first-order chi connectivity index (χ1) is 6.90. The molecule has 0 aliphatic heterocycles. The van der Waals surface area contributed by atoms with E-state index in [4.69, 9.17) is 0 Å². The van der Waals surface area contributed by atoms with E-state index in [1.165, 1.54) is 0 Å². The number of amides is 1. The maximum atomic E-state index is 11.8. The van der Waals surface area contributed by atoms with Crippen molar-refractivity contribution >= 4 is 5.91 Å². The number of hydrogen-bond donors (Lipinski definition) is 3. The molecule has 1 saturated carbocycles. The largest absolute Gasteiger partial charge is 0.388 e. The highest BCUT2D eigenvalue weighted by molar-refractivity contribution is 5.85. The Bertz CT molecular complexity index is 235. The second-order valence-electron chi connectivity index (χ2n) is 4.92. The lowest BCUT2D eigenvalue weighted by Crippen LogP contribution is -2.56. The summed E-state index contributed by atoms with van der Waals surface area (Å²) in [6.45, 7) is 6.78. The molecule has 88 valence electrons. The van der Waals surface area contributed by atoms with Gasteiger partial charge in [-0.05, 0) is 39.7 Å². The lowest BCUT2D eigenvalue weighted by Gasteiger charge is -2.37. The Balaban J connectivity index is 2.34. The van der Waals surface area contributed by atoms with E-state index in [0.717, 1.165) is 25.8 Å². The summed E-state index contributed by atoms with van der Waals surface area (Å²) in [5.74, 6) is -0.0512. The van der Waals surface area contributed by atoms with E-state index in [-0.39, 0.29) is 5.91 Å². The summed E-state index contributed by atoms with van der Waals surface area (Å²) in [6.07, 6.45) is 2.66. The van der Waals surface area contributed by atoms with E-state index in [9.17, 15) is 9.90 Å². The van der Waals surface area contributed by atoms with Crippen LogP contribution in [-0.2, 0) is 4.79 Å². The van der Waals surface area contributed by atoms with Gasteiger partial charge in [0.15, 0.2) is 0 Å². The zero-order chi connectivity index (χ0) is 11.5. The predicted molar refractivity (Wildman–Crippen MR) is 59.6 cm³/mol. The number of carbonyl (C=O) groups excluding carboxylic acids is 1. The van der Waals surface area contributed by atoms with Crippen molar-refractivity contribution in [2.45, 2.75) is 51.2 Å². The van der Waals surface area contributed by atoms with Crippen LogP contribution in [0.15, 0.2) is 0 Å². The maximum absolute atomic E-state index is 11.8. The highest BCUT2D eigenvalue weighted by Crippen LogP contribution is 2.30. The molecule has 1 fully saturated rings. The minimum atomic E-state index is -0.641. The molecular weight excluding hydrogens is 192 g/mol. The summed E-state index contributed by atoms with van der Waals surface area (Å²) in [6, 6.07) is 0. The highest BCUT2D eigenvalue weighted by atomic mass is 16.3. The van der Waals surface area contributed by atoms with Crippen LogP contribution < -0.4 is 10.6 Å². The molecular formula is C11H22N2O2. The van der Waals surface area contributed by atoms with Crippen LogP contribution in [0, 0.1) is 0 Å². The summed E-state index contributed by atoms with van der Waals surface area (Å²) < 4.78 is 0. The van der Waals surface area contributed by atoms with E-state index in [2.05, 4.69) is 10.6 Å². The number of likely N-dealkylation sites (N-methyl/N-ethyl adjacent to an activating group) is 1. The monoisotopic (exact) mass is 214 g/mol. The molecule has 1 aliphatic carbocycles. The highest BCUT2D eigenvalue weighted by Gasteiger charge is 2.36. The smallest absolute Gasteiger partial charge is 0.239 e. The van der Waals surface area contributed by atoms with Crippen LogP contribution in [0.4, 0.5) is 0 Å². The average molecular weight is 214 g/mol. The number of carbonyl (C=O) groups is 1. The molecule has 0 spiro atoms. The molecule has 15 heavy (non-hydrogen) atoms. The molecule has 0 radical (unpaired) electrons. The molecule has 0 unspecified atom stereocenters.